The SMILES string of the molecule is O=C(NCc1ccc(OCc2cccc(F)c2)cc1)[C@@H]1CC[C@H](C(=O)O)O1. The minimum atomic E-state index is -1.04. The third-order valence-corrected chi connectivity index (χ3v) is 4.27. The molecule has 0 aromatic heterocycles. The number of benzene rings is 2. The number of halogens is 1. The lowest BCUT2D eigenvalue weighted by Gasteiger charge is -2.12. The fourth-order valence-electron chi connectivity index (χ4n) is 2.81. The molecule has 2 N–H and O–H groups in total. The number of nitrogens with one attached hydrogen (secondary N) is 1. The van der Waals surface area contributed by atoms with E-state index in [0.29, 0.717) is 25.1 Å². The van der Waals surface area contributed by atoms with Crippen LogP contribution in [0.5, 0.6) is 5.75 Å². The van der Waals surface area contributed by atoms with Crippen LogP contribution in [0.3, 0.4) is 0 Å². The standard InChI is InChI=1S/C20H20FNO5/c21-15-3-1-2-14(10-15)12-26-16-6-4-13(5-7-16)11-22-19(23)17-8-9-18(27-17)20(24)25/h1-7,10,17-18H,8-9,11-12H2,(H,22,23)(H,24,25)/t17-,18+/m0/s1. The number of carboxylic acids is 1. The summed E-state index contributed by atoms with van der Waals surface area (Å²) in [6, 6.07) is 13.4. The first-order valence-corrected chi connectivity index (χ1v) is 8.63. The van der Waals surface area contributed by atoms with Gasteiger partial charge in [-0.15, -0.1) is 0 Å². The summed E-state index contributed by atoms with van der Waals surface area (Å²) < 4.78 is 24.0. The molecule has 1 fully saturated rings. The number of ether oxygens (including phenoxy) is 2. The zero-order valence-corrected chi connectivity index (χ0v) is 14.6. The van der Waals surface area contributed by atoms with E-state index in [9.17, 15) is 14.0 Å². The summed E-state index contributed by atoms with van der Waals surface area (Å²) in [5.41, 5.74) is 1.61. The number of amides is 1. The predicted octanol–water partition coefficient (Wildman–Crippen LogP) is 2.65. The van der Waals surface area contributed by atoms with Crippen LogP contribution in [-0.4, -0.2) is 29.2 Å². The number of hydrogen-bond acceptors (Lipinski definition) is 4. The average Bonchev–Trinajstić information content (AvgIpc) is 3.16. The van der Waals surface area contributed by atoms with Crippen LogP contribution in [0, 0.1) is 5.82 Å². The topological polar surface area (TPSA) is 84.9 Å². The molecule has 0 spiro atoms. The molecule has 2 aromatic rings. The molecule has 0 aliphatic carbocycles. The molecule has 0 saturated carbocycles. The Morgan fingerprint density at radius 3 is 2.52 bits per heavy atom. The predicted molar refractivity (Wildman–Crippen MR) is 94.6 cm³/mol. The molecule has 6 nitrogen and oxygen atoms in total. The van der Waals surface area contributed by atoms with Crippen molar-refractivity contribution in [2.45, 2.75) is 38.2 Å². The van der Waals surface area contributed by atoms with Gasteiger partial charge >= 0.3 is 5.97 Å². The van der Waals surface area contributed by atoms with Gasteiger partial charge in [0.25, 0.3) is 0 Å². The normalized spacial score (nSPS) is 18.9. The minimum absolute atomic E-state index is 0.262. The maximum atomic E-state index is 13.1. The largest absolute Gasteiger partial charge is 0.489 e. The van der Waals surface area contributed by atoms with E-state index >= 15 is 0 Å². The average molecular weight is 373 g/mol. The lowest BCUT2D eigenvalue weighted by atomic mass is 10.1. The maximum Gasteiger partial charge on any atom is 0.332 e. The third-order valence-electron chi connectivity index (χ3n) is 4.27. The van der Waals surface area contributed by atoms with Crippen molar-refractivity contribution in [3.63, 3.8) is 0 Å². The van der Waals surface area contributed by atoms with Crippen molar-refractivity contribution >= 4 is 11.9 Å². The van der Waals surface area contributed by atoms with Crippen molar-refractivity contribution in [2.24, 2.45) is 0 Å². The first-order chi connectivity index (χ1) is 13.0. The number of carboxylic acid groups (broad SMARTS) is 1. The molecule has 7 heteroatoms. The third kappa shape index (κ3) is 5.27. The Morgan fingerprint density at radius 2 is 1.85 bits per heavy atom. The van der Waals surface area contributed by atoms with Gasteiger partial charge in [-0.3, -0.25) is 4.79 Å². The van der Waals surface area contributed by atoms with Crippen molar-refractivity contribution in [1.29, 1.82) is 0 Å². The lowest BCUT2D eigenvalue weighted by Crippen LogP contribution is -2.35. The summed E-state index contributed by atoms with van der Waals surface area (Å²) in [6.07, 6.45) is -0.893. The van der Waals surface area contributed by atoms with Crippen LogP contribution in [0.4, 0.5) is 4.39 Å². The van der Waals surface area contributed by atoms with Crippen LogP contribution in [-0.2, 0) is 27.5 Å². The fourth-order valence-corrected chi connectivity index (χ4v) is 2.81. The Balaban J connectivity index is 1.45. The van der Waals surface area contributed by atoms with Crippen molar-refractivity contribution in [1.82, 2.24) is 5.32 Å². The smallest absolute Gasteiger partial charge is 0.332 e. The van der Waals surface area contributed by atoms with Crippen LogP contribution in [0.2, 0.25) is 0 Å². The maximum absolute atomic E-state index is 13.1. The number of carbonyl (C=O) groups is 2. The van der Waals surface area contributed by atoms with Crippen LogP contribution < -0.4 is 10.1 Å². The second kappa shape index (κ2) is 8.64. The van der Waals surface area contributed by atoms with E-state index < -0.39 is 18.2 Å². The summed E-state index contributed by atoms with van der Waals surface area (Å²) in [5.74, 6) is -1.02. The Labute approximate surface area is 155 Å². The first kappa shape index (κ1) is 18.8. The zero-order valence-electron chi connectivity index (χ0n) is 14.6. The van der Waals surface area contributed by atoms with Gasteiger partial charge in [0.15, 0.2) is 6.10 Å². The van der Waals surface area contributed by atoms with E-state index in [1.807, 2.05) is 12.1 Å². The molecule has 2 aromatic carbocycles. The van der Waals surface area contributed by atoms with Crippen molar-refractivity contribution in [3.8, 4) is 5.75 Å². The van der Waals surface area contributed by atoms with Crippen LogP contribution >= 0.6 is 0 Å². The van der Waals surface area contributed by atoms with E-state index in [0.717, 1.165) is 11.1 Å². The summed E-state index contributed by atoms with van der Waals surface area (Å²) in [6.45, 7) is 0.568. The monoisotopic (exact) mass is 373 g/mol. The molecule has 2 atom stereocenters. The molecule has 1 saturated heterocycles. The summed E-state index contributed by atoms with van der Waals surface area (Å²) in [5, 5.41) is 11.6. The summed E-state index contributed by atoms with van der Waals surface area (Å²) >= 11 is 0. The summed E-state index contributed by atoms with van der Waals surface area (Å²) in [7, 11) is 0. The molecule has 0 unspecified atom stereocenters. The molecular weight excluding hydrogens is 353 g/mol. The van der Waals surface area contributed by atoms with Gasteiger partial charge < -0.3 is 19.9 Å². The van der Waals surface area contributed by atoms with E-state index in [1.165, 1.54) is 12.1 Å². The first-order valence-electron chi connectivity index (χ1n) is 8.63. The Kier molecular flexibility index (Phi) is 6.03. The number of carbonyl (C=O) groups excluding carboxylic acids is 1. The fraction of sp³-hybridized carbons (Fsp3) is 0.300. The Morgan fingerprint density at radius 1 is 1.11 bits per heavy atom. The molecule has 1 aliphatic rings. The van der Waals surface area contributed by atoms with Gasteiger partial charge in [-0.05, 0) is 48.2 Å². The highest BCUT2D eigenvalue weighted by Crippen LogP contribution is 2.20. The van der Waals surface area contributed by atoms with Gasteiger partial charge in [0.05, 0.1) is 0 Å². The highest BCUT2D eigenvalue weighted by molar-refractivity contribution is 5.82. The summed E-state index contributed by atoms with van der Waals surface area (Å²) in [4.78, 5) is 22.9. The molecule has 142 valence electrons. The van der Waals surface area contributed by atoms with Gasteiger partial charge in [0.1, 0.15) is 24.3 Å². The van der Waals surface area contributed by atoms with E-state index in [1.54, 1.807) is 24.3 Å². The Bertz CT molecular complexity index is 808. The van der Waals surface area contributed by atoms with Gasteiger partial charge in [-0.2, -0.15) is 0 Å². The number of rotatable bonds is 7. The highest BCUT2D eigenvalue weighted by Gasteiger charge is 2.34. The highest BCUT2D eigenvalue weighted by atomic mass is 19.1. The number of hydrogen-bond donors (Lipinski definition) is 2. The van der Waals surface area contributed by atoms with Gasteiger partial charge in [0.2, 0.25) is 5.91 Å². The van der Waals surface area contributed by atoms with E-state index in [2.05, 4.69) is 5.32 Å². The Hall–Kier alpha value is -2.93. The molecule has 0 bridgehead atoms. The number of aliphatic carboxylic acids is 1. The lowest BCUT2D eigenvalue weighted by molar-refractivity contribution is -0.151. The van der Waals surface area contributed by atoms with Crippen LogP contribution in [0.25, 0.3) is 0 Å². The van der Waals surface area contributed by atoms with E-state index in [-0.39, 0.29) is 18.3 Å². The van der Waals surface area contributed by atoms with Gasteiger partial charge in [0, 0.05) is 6.54 Å². The molecule has 1 amide bonds. The molecule has 1 heterocycles. The molecule has 3 rings (SSSR count). The van der Waals surface area contributed by atoms with Crippen LogP contribution in [0.15, 0.2) is 48.5 Å². The van der Waals surface area contributed by atoms with E-state index in [4.69, 9.17) is 14.6 Å². The molecular formula is C20H20FNO5. The molecule has 27 heavy (non-hydrogen) atoms. The van der Waals surface area contributed by atoms with Gasteiger partial charge in [-0.25, -0.2) is 9.18 Å². The van der Waals surface area contributed by atoms with Crippen molar-refractivity contribution in [3.05, 3.63) is 65.5 Å². The second-order valence-corrected chi connectivity index (χ2v) is 6.31. The molecule has 0 radical (unpaired) electrons. The van der Waals surface area contributed by atoms with Gasteiger partial charge in [-0.1, -0.05) is 24.3 Å². The zero-order chi connectivity index (χ0) is 19.2. The second-order valence-electron chi connectivity index (χ2n) is 6.31. The van der Waals surface area contributed by atoms with Crippen LogP contribution in [0.1, 0.15) is 24.0 Å². The minimum Gasteiger partial charge on any atom is -0.489 e. The van der Waals surface area contributed by atoms with Crippen molar-refractivity contribution in [2.75, 3.05) is 0 Å². The quantitative estimate of drug-likeness (QED) is 0.779. The van der Waals surface area contributed by atoms with Crippen molar-refractivity contribution < 1.29 is 28.6 Å². The molecule has 1 aliphatic heterocycles.